The minimum atomic E-state index is 1.23. The maximum Gasteiger partial charge on any atom is 0.0433 e. The predicted molar refractivity (Wildman–Crippen MR) is 215 cm³/mol. The van der Waals surface area contributed by atoms with Crippen molar-refractivity contribution >= 4 is 96.1 Å². The minimum absolute atomic E-state index is 1.23. The highest BCUT2D eigenvalue weighted by atomic mass is 32.1. The van der Waals surface area contributed by atoms with Gasteiger partial charge in [0, 0.05) is 20.2 Å². The number of rotatable bonds is 2. The number of hydrogen-bond acceptors (Lipinski definition) is 1. The lowest BCUT2D eigenvalue weighted by molar-refractivity contribution is 1.65. The second-order valence-corrected chi connectivity index (χ2v) is 14.2. The lowest BCUT2D eigenvalue weighted by Gasteiger charge is -2.17. The van der Waals surface area contributed by atoms with Crippen LogP contribution in [0.3, 0.4) is 0 Å². The number of benzene rings is 9. The zero-order valence-electron chi connectivity index (χ0n) is 26.6. The zero-order valence-corrected chi connectivity index (χ0v) is 27.4. The van der Waals surface area contributed by atoms with E-state index in [1.807, 2.05) is 11.3 Å². The first-order valence-corrected chi connectivity index (χ1v) is 17.7. The minimum Gasteiger partial charge on any atom is -0.135 e. The first-order chi connectivity index (χ1) is 24.3. The van der Waals surface area contributed by atoms with E-state index in [1.165, 1.54) is 107 Å². The summed E-state index contributed by atoms with van der Waals surface area (Å²) >= 11 is 1.90. The van der Waals surface area contributed by atoms with Crippen LogP contribution in [0.15, 0.2) is 170 Å². The summed E-state index contributed by atoms with van der Waals surface area (Å²) in [7, 11) is 0. The van der Waals surface area contributed by atoms with Gasteiger partial charge in [-0.05, 0) is 105 Å². The van der Waals surface area contributed by atoms with Crippen molar-refractivity contribution in [3.8, 4) is 22.3 Å². The average Bonchev–Trinajstić information content (AvgIpc) is 3.56. The first-order valence-electron chi connectivity index (χ1n) is 16.9. The third-order valence-corrected chi connectivity index (χ3v) is 11.8. The first kappa shape index (κ1) is 27.0. The molecule has 0 nitrogen and oxygen atoms in total. The summed E-state index contributed by atoms with van der Waals surface area (Å²) in [6, 6.07) is 63.3. The van der Waals surface area contributed by atoms with Crippen LogP contribution in [0.2, 0.25) is 0 Å². The van der Waals surface area contributed by atoms with Gasteiger partial charge in [0.15, 0.2) is 0 Å². The van der Waals surface area contributed by atoms with Gasteiger partial charge in [-0.25, -0.2) is 0 Å². The van der Waals surface area contributed by atoms with Crippen LogP contribution in [0, 0.1) is 0 Å². The number of hydrogen-bond donors (Lipinski definition) is 0. The van der Waals surface area contributed by atoms with E-state index in [1.54, 1.807) is 0 Å². The third-order valence-electron chi connectivity index (χ3n) is 10.6. The van der Waals surface area contributed by atoms with Crippen molar-refractivity contribution in [2.75, 3.05) is 0 Å². The van der Waals surface area contributed by atoms with Crippen LogP contribution in [0.25, 0.3) is 107 Å². The summed E-state index contributed by atoms with van der Waals surface area (Å²) < 4.78 is 2.69. The van der Waals surface area contributed by atoms with Gasteiger partial charge in [-0.1, -0.05) is 152 Å². The molecule has 0 saturated carbocycles. The molecule has 0 saturated heterocycles. The smallest absolute Gasteiger partial charge is 0.0433 e. The Balaban J connectivity index is 1.33. The van der Waals surface area contributed by atoms with Gasteiger partial charge in [0.25, 0.3) is 0 Å². The molecule has 0 fully saturated rings. The molecule has 0 bridgehead atoms. The molecule has 0 unspecified atom stereocenters. The molecule has 49 heavy (non-hydrogen) atoms. The normalized spacial score (nSPS) is 12.1. The van der Waals surface area contributed by atoms with E-state index in [9.17, 15) is 0 Å². The molecule has 0 aliphatic carbocycles. The molecule has 226 valence electrons. The van der Waals surface area contributed by atoms with Gasteiger partial charge in [0.05, 0.1) is 0 Å². The monoisotopic (exact) mass is 636 g/mol. The van der Waals surface area contributed by atoms with E-state index >= 15 is 0 Å². The quantitative estimate of drug-likeness (QED) is 0.166. The largest absolute Gasteiger partial charge is 0.135 e. The lowest BCUT2D eigenvalue weighted by atomic mass is 9.86. The molecule has 0 radical (unpaired) electrons. The van der Waals surface area contributed by atoms with Crippen molar-refractivity contribution in [1.82, 2.24) is 0 Å². The van der Waals surface area contributed by atoms with Crippen molar-refractivity contribution in [1.29, 1.82) is 0 Å². The van der Waals surface area contributed by atoms with E-state index in [4.69, 9.17) is 0 Å². The molecule has 0 N–H and O–H groups in total. The molecule has 0 aliphatic heterocycles. The van der Waals surface area contributed by atoms with Gasteiger partial charge in [0.2, 0.25) is 0 Å². The van der Waals surface area contributed by atoms with Gasteiger partial charge in [-0.3, -0.25) is 0 Å². The van der Waals surface area contributed by atoms with E-state index in [-0.39, 0.29) is 0 Å². The van der Waals surface area contributed by atoms with E-state index in [0.29, 0.717) is 0 Å². The SMILES string of the molecule is c1ccc(-c2ccc3c4ccccc4c4cccc5c6ccc(-c7cccc8c7sc7ccccc78)cc6c6cccc(c3c2)c6c45)cc1. The highest BCUT2D eigenvalue weighted by Crippen LogP contribution is 2.46. The second-order valence-electron chi connectivity index (χ2n) is 13.2. The Hall–Kier alpha value is -6.02. The fraction of sp³-hybridized carbons (Fsp3) is 0. The predicted octanol–water partition coefficient (Wildman–Crippen LogP) is 14.3. The van der Waals surface area contributed by atoms with Crippen molar-refractivity contribution in [3.63, 3.8) is 0 Å². The van der Waals surface area contributed by atoms with Crippen molar-refractivity contribution in [2.24, 2.45) is 0 Å². The van der Waals surface area contributed by atoms with Crippen LogP contribution in [-0.2, 0) is 0 Å². The molecule has 0 spiro atoms. The lowest BCUT2D eigenvalue weighted by Crippen LogP contribution is -1.89. The number of fused-ring (bicyclic) bond motifs is 11. The van der Waals surface area contributed by atoms with E-state index in [2.05, 4.69) is 170 Å². The van der Waals surface area contributed by atoms with Crippen LogP contribution in [0.5, 0.6) is 0 Å². The summed E-state index contributed by atoms with van der Waals surface area (Å²) in [5.74, 6) is 0. The molecule has 10 aromatic carbocycles. The Morgan fingerprint density at radius 1 is 0.265 bits per heavy atom. The summed E-state index contributed by atoms with van der Waals surface area (Å²) in [5.41, 5.74) is 5.03. The summed E-state index contributed by atoms with van der Waals surface area (Å²) in [5, 5.41) is 18.2. The van der Waals surface area contributed by atoms with Gasteiger partial charge in [0.1, 0.15) is 0 Å². The second kappa shape index (κ2) is 10.2. The average molecular weight is 637 g/mol. The molecule has 1 aromatic heterocycles. The molecular formula is C48H28S. The summed E-state index contributed by atoms with van der Waals surface area (Å²) in [6.07, 6.45) is 0. The van der Waals surface area contributed by atoms with Gasteiger partial charge < -0.3 is 0 Å². The molecular weight excluding hydrogens is 609 g/mol. The van der Waals surface area contributed by atoms with Crippen LogP contribution in [0.4, 0.5) is 0 Å². The van der Waals surface area contributed by atoms with Crippen molar-refractivity contribution < 1.29 is 0 Å². The van der Waals surface area contributed by atoms with Crippen LogP contribution in [0.1, 0.15) is 0 Å². The molecule has 0 amide bonds. The maximum absolute atomic E-state index is 2.45. The molecule has 0 atom stereocenters. The molecule has 0 aliphatic rings. The topological polar surface area (TPSA) is 0 Å². The van der Waals surface area contributed by atoms with Crippen LogP contribution < -0.4 is 0 Å². The van der Waals surface area contributed by atoms with Crippen LogP contribution in [-0.4, -0.2) is 0 Å². The Morgan fingerprint density at radius 2 is 0.735 bits per heavy atom. The molecule has 1 heterocycles. The Morgan fingerprint density at radius 3 is 1.45 bits per heavy atom. The highest BCUT2D eigenvalue weighted by molar-refractivity contribution is 7.26. The molecule has 11 rings (SSSR count). The fourth-order valence-corrected chi connectivity index (χ4v) is 9.69. The van der Waals surface area contributed by atoms with Gasteiger partial charge in [-0.2, -0.15) is 0 Å². The third kappa shape index (κ3) is 3.85. The van der Waals surface area contributed by atoms with Crippen molar-refractivity contribution in [3.05, 3.63) is 170 Å². The van der Waals surface area contributed by atoms with Gasteiger partial charge in [-0.15, -0.1) is 11.3 Å². The standard InChI is InChI=1S/C48H28S/c1-2-11-29(12-3-1)30-23-25-35-33-13-4-5-14-34(33)38-17-9-18-39-36-26-24-31(32-16-8-21-42-37-15-6-7-22-45(37)49-48(32)42)28-44(36)41-20-10-19-40(43(35)27-30)47(41)46(38)39/h1-28H. The number of thiophene rings is 1. The Bertz CT molecular complexity index is 3150. The zero-order chi connectivity index (χ0) is 32.1. The highest BCUT2D eigenvalue weighted by Gasteiger charge is 2.18. The van der Waals surface area contributed by atoms with Crippen LogP contribution >= 0.6 is 11.3 Å². The van der Waals surface area contributed by atoms with Crippen molar-refractivity contribution in [2.45, 2.75) is 0 Å². The van der Waals surface area contributed by atoms with E-state index in [0.717, 1.165) is 0 Å². The molecule has 11 aromatic rings. The maximum atomic E-state index is 2.45. The Kier molecular flexibility index (Phi) is 5.64. The fourth-order valence-electron chi connectivity index (χ4n) is 8.45. The van der Waals surface area contributed by atoms with E-state index < -0.39 is 0 Å². The summed E-state index contributed by atoms with van der Waals surface area (Å²) in [4.78, 5) is 0. The Labute approximate surface area is 287 Å². The summed E-state index contributed by atoms with van der Waals surface area (Å²) in [6.45, 7) is 0. The molecule has 1 heteroatoms. The van der Waals surface area contributed by atoms with Gasteiger partial charge >= 0.3 is 0 Å².